The SMILES string of the molecule is Cc1ccc(NCCCNC2CC2)cc1[N+](=O)[O-]. The molecule has 0 spiro atoms. The minimum atomic E-state index is -0.338. The molecule has 0 bridgehead atoms. The highest BCUT2D eigenvalue weighted by molar-refractivity contribution is 5.54. The number of hydrogen-bond donors (Lipinski definition) is 2. The Morgan fingerprint density at radius 1 is 1.39 bits per heavy atom. The van der Waals surface area contributed by atoms with Crippen molar-refractivity contribution in [2.45, 2.75) is 32.2 Å². The maximum atomic E-state index is 10.8. The van der Waals surface area contributed by atoms with Crippen LogP contribution in [0.4, 0.5) is 11.4 Å². The predicted molar refractivity (Wildman–Crippen MR) is 72.0 cm³/mol. The number of anilines is 1. The monoisotopic (exact) mass is 249 g/mol. The van der Waals surface area contributed by atoms with E-state index in [4.69, 9.17) is 0 Å². The van der Waals surface area contributed by atoms with Crippen molar-refractivity contribution in [2.24, 2.45) is 0 Å². The van der Waals surface area contributed by atoms with Crippen molar-refractivity contribution in [3.8, 4) is 0 Å². The summed E-state index contributed by atoms with van der Waals surface area (Å²) in [5, 5.41) is 17.5. The van der Waals surface area contributed by atoms with Crippen molar-refractivity contribution in [3.63, 3.8) is 0 Å². The van der Waals surface area contributed by atoms with E-state index in [1.54, 1.807) is 19.1 Å². The molecule has 5 nitrogen and oxygen atoms in total. The summed E-state index contributed by atoms with van der Waals surface area (Å²) >= 11 is 0. The zero-order chi connectivity index (χ0) is 13.0. The van der Waals surface area contributed by atoms with Crippen molar-refractivity contribution < 1.29 is 4.92 Å². The molecule has 1 aliphatic carbocycles. The van der Waals surface area contributed by atoms with Gasteiger partial charge in [-0.15, -0.1) is 0 Å². The van der Waals surface area contributed by atoms with E-state index in [0.717, 1.165) is 31.2 Å². The van der Waals surface area contributed by atoms with Crippen LogP contribution in [0.3, 0.4) is 0 Å². The molecule has 98 valence electrons. The first-order valence-electron chi connectivity index (χ1n) is 6.39. The summed E-state index contributed by atoms with van der Waals surface area (Å²) < 4.78 is 0. The molecule has 0 amide bonds. The van der Waals surface area contributed by atoms with E-state index >= 15 is 0 Å². The fraction of sp³-hybridized carbons (Fsp3) is 0.538. The molecule has 0 saturated heterocycles. The van der Waals surface area contributed by atoms with Crippen LogP contribution in [0.5, 0.6) is 0 Å². The molecule has 2 N–H and O–H groups in total. The number of hydrogen-bond acceptors (Lipinski definition) is 4. The number of nitro benzene ring substituents is 1. The largest absolute Gasteiger partial charge is 0.385 e. The summed E-state index contributed by atoms with van der Waals surface area (Å²) in [6.45, 7) is 3.59. The van der Waals surface area contributed by atoms with Gasteiger partial charge in [0.2, 0.25) is 0 Å². The number of benzene rings is 1. The molecule has 2 rings (SSSR count). The number of nitro groups is 1. The second kappa shape index (κ2) is 5.82. The lowest BCUT2D eigenvalue weighted by Crippen LogP contribution is -2.19. The summed E-state index contributed by atoms with van der Waals surface area (Å²) in [5.41, 5.74) is 1.69. The maximum Gasteiger partial charge on any atom is 0.274 e. The summed E-state index contributed by atoms with van der Waals surface area (Å²) in [6, 6.07) is 6.01. The van der Waals surface area contributed by atoms with E-state index in [1.807, 2.05) is 6.07 Å². The Morgan fingerprint density at radius 2 is 2.17 bits per heavy atom. The summed E-state index contributed by atoms with van der Waals surface area (Å²) in [4.78, 5) is 10.5. The topological polar surface area (TPSA) is 67.2 Å². The van der Waals surface area contributed by atoms with Gasteiger partial charge in [-0.3, -0.25) is 10.1 Å². The Morgan fingerprint density at radius 3 is 2.83 bits per heavy atom. The van der Waals surface area contributed by atoms with Gasteiger partial charge in [-0.2, -0.15) is 0 Å². The van der Waals surface area contributed by atoms with E-state index < -0.39 is 0 Å². The third-order valence-corrected chi connectivity index (χ3v) is 3.10. The van der Waals surface area contributed by atoms with Gasteiger partial charge >= 0.3 is 0 Å². The molecule has 1 fully saturated rings. The van der Waals surface area contributed by atoms with Gasteiger partial charge < -0.3 is 10.6 Å². The number of nitrogens with one attached hydrogen (secondary N) is 2. The lowest BCUT2D eigenvalue weighted by molar-refractivity contribution is -0.385. The van der Waals surface area contributed by atoms with Crippen molar-refractivity contribution in [1.29, 1.82) is 0 Å². The average molecular weight is 249 g/mol. The fourth-order valence-corrected chi connectivity index (χ4v) is 1.83. The molecule has 0 heterocycles. The van der Waals surface area contributed by atoms with Crippen molar-refractivity contribution in [2.75, 3.05) is 18.4 Å². The Hall–Kier alpha value is -1.62. The molecule has 18 heavy (non-hydrogen) atoms. The minimum Gasteiger partial charge on any atom is -0.385 e. The molecule has 0 aromatic heterocycles. The molecule has 1 saturated carbocycles. The zero-order valence-corrected chi connectivity index (χ0v) is 10.6. The first kappa shape index (κ1) is 12.8. The predicted octanol–water partition coefficient (Wildman–Crippen LogP) is 2.46. The van der Waals surface area contributed by atoms with Crippen LogP contribution in [0.15, 0.2) is 18.2 Å². The van der Waals surface area contributed by atoms with E-state index in [-0.39, 0.29) is 10.6 Å². The summed E-state index contributed by atoms with van der Waals surface area (Å²) in [5.74, 6) is 0. The van der Waals surface area contributed by atoms with Crippen LogP contribution in [0, 0.1) is 17.0 Å². The molecule has 1 aromatic rings. The standard InChI is InChI=1S/C13H19N3O2/c1-10-3-4-12(9-13(10)16(17)18)15-8-2-7-14-11-5-6-11/h3-4,9,11,14-15H,2,5-8H2,1H3. The van der Waals surface area contributed by atoms with E-state index in [2.05, 4.69) is 10.6 Å². The average Bonchev–Trinajstić information content (AvgIpc) is 3.14. The van der Waals surface area contributed by atoms with Gasteiger partial charge in [0, 0.05) is 29.9 Å². The highest BCUT2D eigenvalue weighted by Gasteiger charge is 2.19. The molecular formula is C13H19N3O2. The Balaban J connectivity index is 1.77. The van der Waals surface area contributed by atoms with Crippen LogP contribution >= 0.6 is 0 Å². The molecular weight excluding hydrogens is 230 g/mol. The van der Waals surface area contributed by atoms with Crippen LogP contribution in [-0.2, 0) is 0 Å². The van der Waals surface area contributed by atoms with Gasteiger partial charge in [0.05, 0.1) is 4.92 Å². The van der Waals surface area contributed by atoms with Crippen molar-refractivity contribution in [3.05, 3.63) is 33.9 Å². The van der Waals surface area contributed by atoms with Crippen LogP contribution < -0.4 is 10.6 Å². The molecule has 1 aromatic carbocycles. The third kappa shape index (κ3) is 3.70. The highest BCUT2D eigenvalue weighted by Crippen LogP contribution is 2.22. The molecule has 5 heteroatoms. The number of rotatable bonds is 7. The third-order valence-electron chi connectivity index (χ3n) is 3.10. The van der Waals surface area contributed by atoms with Crippen LogP contribution in [0.25, 0.3) is 0 Å². The van der Waals surface area contributed by atoms with Crippen LogP contribution in [0.2, 0.25) is 0 Å². The molecule has 0 unspecified atom stereocenters. The maximum absolute atomic E-state index is 10.8. The quantitative estimate of drug-likeness (QED) is 0.442. The molecule has 0 aliphatic heterocycles. The Labute approximate surface area is 107 Å². The second-order valence-electron chi connectivity index (χ2n) is 4.77. The first-order chi connectivity index (χ1) is 8.66. The van der Waals surface area contributed by atoms with Crippen molar-refractivity contribution >= 4 is 11.4 Å². The number of aryl methyl sites for hydroxylation is 1. The second-order valence-corrected chi connectivity index (χ2v) is 4.77. The normalized spacial score (nSPS) is 14.5. The van der Waals surface area contributed by atoms with E-state index in [0.29, 0.717) is 5.56 Å². The summed E-state index contributed by atoms with van der Waals surface area (Å²) in [6.07, 6.45) is 3.63. The van der Waals surface area contributed by atoms with Gasteiger partial charge in [0.1, 0.15) is 0 Å². The molecule has 0 radical (unpaired) electrons. The first-order valence-corrected chi connectivity index (χ1v) is 6.39. The Kier molecular flexibility index (Phi) is 4.15. The van der Waals surface area contributed by atoms with Gasteiger partial charge in [-0.25, -0.2) is 0 Å². The molecule has 0 atom stereocenters. The fourth-order valence-electron chi connectivity index (χ4n) is 1.83. The van der Waals surface area contributed by atoms with E-state index in [1.165, 1.54) is 12.8 Å². The highest BCUT2D eigenvalue weighted by atomic mass is 16.6. The zero-order valence-electron chi connectivity index (χ0n) is 10.6. The van der Waals surface area contributed by atoms with Gasteiger partial charge in [0.15, 0.2) is 0 Å². The lowest BCUT2D eigenvalue weighted by atomic mass is 10.2. The lowest BCUT2D eigenvalue weighted by Gasteiger charge is -2.07. The number of nitrogens with zero attached hydrogens (tertiary/aromatic N) is 1. The van der Waals surface area contributed by atoms with Crippen LogP contribution in [0.1, 0.15) is 24.8 Å². The van der Waals surface area contributed by atoms with Crippen LogP contribution in [-0.4, -0.2) is 24.1 Å². The van der Waals surface area contributed by atoms with Gasteiger partial charge in [-0.1, -0.05) is 6.07 Å². The van der Waals surface area contributed by atoms with Gasteiger partial charge in [-0.05, 0) is 38.8 Å². The van der Waals surface area contributed by atoms with Gasteiger partial charge in [0.25, 0.3) is 5.69 Å². The Bertz CT molecular complexity index is 430. The minimum absolute atomic E-state index is 0.177. The smallest absolute Gasteiger partial charge is 0.274 e. The molecule has 1 aliphatic rings. The van der Waals surface area contributed by atoms with E-state index in [9.17, 15) is 10.1 Å². The summed E-state index contributed by atoms with van der Waals surface area (Å²) in [7, 11) is 0. The van der Waals surface area contributed by atoms with Crippen molar-refractivity contribution in [1.82, 2.24) is 5.32 Å².